The Kier molecular flexibility index (Phi) is 4.42. The Morgan fingerprint density at radius 1 is 1.54 bits per heavy atom. The molecule has 2 N–H and O–H groups in total. The highest BCUT2D eigenvalue weighted by molar-refractivity contribution is 7.11. The van der Waals surface area contributed by atoms with E-state index >= 15 is 0 Å². The van der Waals surface area contributed by atoms with Crippen LogP contribution < -0.4 is 5.32 Å². The molecule has 1 aromatic heterocycles. The van der Waals surface area contributed by atoms with Gasteiger partial charge in [0.2, 0.25) is 0 Å². The fraction of sp³-hybridized carbons (Fsp3) is 0.600. The Morgan fingerprint density at radius 3 is 2.85 bits per heavy atom. The second-order valence-electron chi connectivity index (χ2n) is 3.43. The van der Waals surface area contributed by atoms with Gasteiger partial charge in [0.05, 0.1) is 0 Å². The maximum Gasteiger partial charge on any atom is 0.0468 e. The van der Waals surface area contributed by atoms with Crippen molar-refractivity contribution in [2.24, 2.45) is 5.92 Å². The number of rotatable bonds is 5. The molecule has 0 spiro atoms. The van der Waals surface area contributed by atoms with Crippen LogP contribution in [0.4, 0.5) is 0 Å². The van der Waals surface area contributed by atoms with Crippen LogP contribution >= 0.6 is 11.3 Å². The van der Waals surface area contributed by atoms with Gasteiger partial charge in [-0.2, -0.15) is 0 Å². The van der Waals surface area contributed by atoms with Gasteiger partial charge in [-0.05, 0) is 25.0 Å². The molecule has 0 saturated heterocycles. The molecule has 0 fully saturated rings. The van der Waals surface area contributed by atoms with E-state index in [1.54, 1.807) is 0 Å². The van der Waals surface area contributed by atoms with Gasteiger partial charge in [0.15, 0.2) is 0 Å². The fourth-order valence-electron chi connectivity index (χ4n) is 1.09. The Morgan fingerprint density at radius 2 is 2.31 bits per heavy atom. The van der Waals surface area contributed by atoms with Crippen LogP contribution in [0, 0.1) is 12.8 Å². The summed E-state index contributed by atoms with van der Waals surface area (Å²) in [6.45, 7) is 6.21. The molecular weight excluding hydrogens is 182 g/mol. The summed E-state index contributed by atoms with van der Waals surface area (Å²) in [5, 5.41) is 12.1. The van der Waals surface area contributed by atoms with Crippen LogP contribution in [0.2, 0.25) is 0 Å². The average molecular weight is 199 g/mol. The molecule has 13 heavy (non-hydrogen) atoms. The van der Waals surface area contributed by atoms with Crippen molar-refractivity contribution < 1.29 is 5.11 Å². The Labute approximate surface area is 83.6 Å². The normalized spacial score (nSPS) is 13.2. The van der Waals surface area contributed by atoms with Gasteiger partial charge in [0.25, 0.3) is 0 Å². The van der Waals surface area contributed by atoms with Crippen molar-refractivity contribution in [3.63, 3.8) is 0 Å². The highest BCUT2D eigenvalue weighted by Gasteiger charge is 2.00. The van der Waals surface area contributed by atoms with Gasteiger partial charge >= 0.3 is 0 Å². The number of thiophene rings is 1. The molecule has 1 atom stereocenters. The van der Waals surface area contributed by atoms with E-state index in [2.05, 4.69) is 24.4 Å². The predicted molar refractivity (Wildman–Crippen MR) is 57.0 cm³/mol. The highest BCUT2D eigenvalue weighted by Crippen LogP contribution is 2.14. The zero-order valence-electron chi connectivity index (χ0n) is 8.21. The molecule has 74 valence electrons. The monoisotopic (exact) mass is 199 g/mol. The van der Waals surface area contributed by atoms with E-state index in [1.165, 1.54) is 9.75 Å². The number of nitrogens with one attached hydrogen (secondary N) is 1. The first-order chi connectivity index (χ1) is 6.22. The first-order valence-electron chi connectivity index (χ1n) is 4.59. The number of aryl methyl sites for hydroxylation is 1. The highest BCUT2D eigenvalue weighted by atomic mass is 32.1. The molecule has 3 heteroatoms. The Bertz CT molecular complexity index is 247. The number of aliphatic hydroxyl groups is 1. The van der Waals surface area contributed by atoms with Gasteiger partial charge < -0.3 is 10.4 Å². The Hall–Kier alpha value is -0.380. The standard InChI is InChI=1S/C10H17NOS/c1-8(7-12)5-11-6-10-4-3-9(2)13-10/h3-4,8,11-12H,5-7H2,1-2H3. The maximum atomic E-state index is 8.80. The summed E-state index contributed by atoms with van der Waals surface area (Å²) < 4.78 is 0. The maximum absolute atomic E-state index is 8.80. The predicted octanol–water partition coefficient (Wildman–Crippen LogP) is 1.77. The second kappa shape index (κ2) is 5.37. The minimum Gasteiger partial charge on any atom is -0.396 e. The van der Waals surface area contributed by atoms with Crippen LogP contribution in [0.1, 0.15) is 16.7 Å². The summed E-state index contributed by atoms with van der Waals surface area (Å²) in [7, 11) is 0. The zero-order chi connectivity index (χ0) is 9.68. The Balaban J connectivity index is 2.20. The smallest absolute Gasteiger partial charge is 0.0468 e. The average Bonchev–Trinajstić information content (AvgIpc) is 2.51. The van der Waals surface area contributed by atoms with E-state index < -0.39 is 0 Å². The van der Waals surface area contributed by atoms with Gasteiger partial charge in [-0.15, -0.1) is 11.3 Å². The molecule has 0 aliphatic carbocycles. The summed E-state index contributed by atoms with van der Waals surface area (Å²) in [5.74, 6) is 0.348. The second-order valence-corrected chi connectivity index (χ2v) is 4.80. The van der Waals surface area contributed by atoms with Gasteiger partial charge in [-0.1, -0.05) is 6.92 Å². The van der Waals surface area contributed by atoms with Crippen molar-refractivity contribution in [2.45, 2.75) is 20.4 Å². The lowest BCUT2D eigenvalue weighted by molar-refractivity contribution is 0.233. The largest absolute Gasteiger partial charge is 0.396 e. The van der Waals surface area contributed by atoms with Crippen molar-refractivity contribution in [1.29, 1.82) is 0 Å². The lowest BCUT2D eigenvalue weighted by atomic mass is 10.2. The van der Waals surface area contributed by atoms with E-state index in [4.69, 9.17) is 5.11 Å². The first-order valence-corrected chi connectivity index (χ1v) is 5.41. The first kappa shape index (κ1) is 10.7. The quantitative estimate of drug-likeness (QED) is 0.757. The van der Waals surface area contributed by atoms with E-state index in [0.717, 1.165) is 13.1 Å². The van der Waals surface area contributed by atoms with Crippen LogP contribution in [0.5, 0.6) is 0 Å². The minimum atomic E-state index is 0.260. The summed E-state index contributed by atoms with van der Waals surface area (Å²) >= 11 is 1.82. The zero-order valence-corrected chi connectivity index (χ0v) is 9.03. The SMILES string of the molecule is Cc1ccc(CNCC(C)CO)s1. The van der Waals surface area contributed by atoms with Gasteiger partial charge in [-0.25, -0.2) is 0 Å². The van der Waals surface area contributed by atoms with Crippen LogP contribution in [-0.4, -0.2) is 18.3 Å². The molecule has 0 aromatic carbocycles. The van der Waals surface area contributed by atoms with E-state index in [9.17, 15) is 0 Å². The lowest BCUT2D eigenvalue weighted by Gasteiger charge is -2.07. The van der Waals surface area contributed by atoms with Gasteiger partial charge in [-0.3, -0.25) is 0 Å². The fourth-order valence-corrected chi connectivity index (χ4v) is 1.95. The van der Waals surface area contributed by atoms with Gasteiger partial charge in [0.1, 0.15) is 0 Å². The van der Waals surface area contributed by atoms with Gasteiger partial charge in [0, 0.05) is 29.5 Å². The third-order valence-corrected chi connectivity index (χ3v) is 2.90. The third-order valence-electron chi connectivity index (χ3n) is 1.90. The van der Waals surface area contributed by atoms with Crippen molar-refractivity contribution in [2.75, 3.05) is 13.2 Å². The third kappa shape index (κ3) is 3.89. The van der Waals surface area contributed by atoms with Crippen LogP contribution in [0.15, 0.2) is 12.1 Å². The molecule has 1 heterocycles. The molecule has 0 bridgehead atoms. The van der Waals surface area contributed by atoms with E-state index in [1.807, 2.05) is 18.3 Å². The summed E-state index contributed by atoms with van der Waals surface area (Å²) in [6, 6.07) is 4.29. The number of aliphatic hydroxyl groups excluding tert-OH is 1. The van der Waals surface area contributed by atoms with Crippen LogP contribution in [-0.2, 0) is 6.54 Å². The molecular formula is C10H17NOS. The van der Waals surface area contributed by atoms with Crippen molar-refractivity contribution in [3.8, 4) is 0 Å². The van der Waals surface area contributed by atoms with Crippen LogP contribution in [0.25, 0.3) is 0 Å². The summed E-state index contributed by atoms with van der Waals surface area (Å²) in [6.07, 6.45) is 0. The number of hydrogen-bond acceptors (Lipinski definition) is 3. The summed E-state index contributed by atoms with van der Waals surface area (Å²) in [4.78, 5) is 2.72. The molecule has 0 saturated carbocycles. The topological polar surface area (TPSA) is 32.3 Å². The summed E-state index contributed by atoms with van der Waals surface area (Å²) in [5.41, 5.74) is 0. The van der Waals surface area contributed by atoms with Crippen molar-refractivity contribution in [3.05, 3.63) is 21.9 Å². The van der Waals surface area contributed by atoms with E-state index in [0.29, 0.717) is 5.92 Å². The molecule has 1 unspecified atom stereocenters. The minimum absolute atomic E-state index is 0.260. The molecule has 2 nitrogen and oxygen atoms in total. The van der Waals surface area contributed by atoms with E-state index in [-0.39, 0.29) is 6.61 Å². The van der Waals surface area contributed by atoms with Crippen molar-refractivity contribution >= 4 is 11.3 Å². The van der Waals surface area contributed by atoms with Crippen molar-refractivity contribution in [1.82, 2.24) is 5.32 Å². The molecule has 0 aliphatic heterocycles. The van der Waals surface area contributed by atoms with Crippen LogP contribution in [0.3, 0.4) is 0 Å². The molecule has 1 aromatic rings. The lowest BCUT2D eigenvalue weighted by Crippen LogP contribution is -2.22. The molecule has 0 radical (unpaired) electrons. The molecule has 0 aliphatic rings. The molecule has 1 rings (SSSR count). The number of hydrogen-bond donors (Lipinski definition) is 2. The molecule has 0 amide bonds.